The molecule has 0 N–H and O–H groups in total. The highest BCUT2D eigenvalue weighted by molar-refractivity contribution is 9.10. The number of benzene rings is 1. The molecule has 4 heteroatoms. The second kappa shape index (κ2) is 5.19. The number of halogens is 2. The summed E-state index contributed by atoms with van der Waals surface area (Å²) in [5, 5.41) is 0. The average Bonchev–Trinajstić information content (AvgIpc) is 2.29. The van der Waals surface area contributed by atoms with Gasteiger partial charge in [-0.25, -0.2) is 4.39 Å². The van der Waals surface area contributed by atoms with E-state index in [1.165, 1.54) is 12.3 Å². The molecular formula is C13H9BrFNO. The maximum absolute atomic E-state index is 13.3. The highest BCUT2D eigenvalue weighted by Gasteiger charge is 2.11. The third kappa shape index (κ3) is 2.97. The summed E-state index contributed by atoms with van der Waals surface area (Å²) in [5.41, 5.74) is 0.931. The second-order valence-corrected chi connectivity index (χ2v) is 4.50. The zero-order chi connectivity index (χ0) is 12.3. The fraction of sp³-hybridized carbons (Fsp3) is 0.0769. The van der Waals surface area contributed by atoms with E-state index in [2.05, 4.69) is 20.9 Å². The van der Waals surface area contributed by atoms with E-state index in [0.717, 1.165) is 16.2 Å². The van der Waals surface area contributed by atoms with Gasteiger partial charge in [-0.05, 0) is 23.8 Å². The van der Waals surface area contributed by atoms with Crippen LogP contribution in [0.15, 0.2) is 47.2 Å². The lowest BCUT2D eigenvalue weighted by atomic mass is 10.0. The molecule has 0 unspecified atom stereocenters. The molecule has 0 fully saturated rings. The summed E-state index contributed by atoms with van der Waals surface area (Å²) in [6.45, 7) is 0. The minimum atomic E-state index is -0.576. The molecule has 0 bridgehead atoms. The Hall–Kier alpha value is -1.55. The number of nitrogens with zero attached hydrogens (tertiary/aromatic N) is 1. The molecule has 0 aliphatic rings. The molecule has 0 aliphatic carbocycles. The zero-order valence-electron chi connectivity index (χ0n) is 8.86. The van der Waals surface area contributed by atoms with Crippen LogP contribution in [0.3, 0.4) is 0 Å². The number of hydrogen-bond donors (Lipinski definition) is 0. The van der Waals surface area contributed by atoms with E-state index in [1.54, 1.807) is 0 Å². The Kier molecular flexibility index (Phi) is 3.64. The minimum Gasteiger partial charge on any atom is -0.294 e. The number of rotatable bonds is 3. The molecule has 1 aromatic carbocycles. The first-order chi connectivity index (χ1) is 8.16. The monoisotopic (exact) mass is 293 g/mol. The predicted molar refractivity (Wildman–Crippen MR) is 66.4 cm³/mol. The topological polar surface area (TPSA) is 30.0 Å². The SMILES string of the molecule is O=C(Cc1cccc(Br)c1)c1ccncc1F. The summed E-state index contributed by atoms with van der Waals surface area (Å²) in [4.78, 5) is 15.5. The van der Waals surface area contributed by atoms with Gasteiger partial charge in [0.2, 0.25) is 0 Å². The molecule has 2 rings (SSSR count). The number of carbonyl (C=O) groups is 1. The fourth-order valence-corrected chi connectivity index (χ4v) is 1.98. The lowest BCUT2D eigenvalue weighted by molar-refractivity contribution is 0.0989. The van der Waals surface area contributed by atoms with Crippen LogP contribution in [0.4, 0.5) is 4.39 Å². The van der Waals surface area contributed by atoms with Crippen molar-refractivity contribution in [2.24, 2.45) is 0 Å². The highest BCUT2D eigenvalue weighted by Crippen LogP contribution is 2.14. The molecule has 1 heterocycles. The Labute approximate surface area is 107 Å². The first kappa shape index (κ1) is 11.9. The normalized spacial score (nSPS) is 10.2. The average molecular weight is 294 g/mol. The van der Waals surface area contributed by atoms with Gasteiger partial charge in [-0.15, -0.1) is 0 Å². The van der Waals surface area contributed by atoms with Crippen LogP contribution in [0, 0.1) is 5.82 Å². The van der Waals surface area contributed by atoms with Crippen LogP contribution in [0.2, 0.25) is 0 Å². The van der Waals surface area contributed by atoms with Gasteiger partial charge in [0.25, 0.3) is 0 Å². The van der Waals surface area contributed by atoms with Crippen molar-refractivity contribution in [2.45, 2.75) is 6.42 Å². The van der Waals surface area contributed by atoms with E-state index < -0.39 is 5.82 Å². The lowest BCUT2D eigenvalue weighted by Crippen LogP contribution is -2.06. The van der Waals surface area contributed by atoms with E-state index in [-0.39, 0.29) is 17.8 Å². The standard InChI is InChI=1S/C13H9BrFNO/c14-10-3-1-2-9(6-10)7-13(17)11-4-5-16-8-12(11)15/h1-6,8H,7H2. The van der Waals surface area contributed by atoms with Gasteiger partial charge >= 0.3 is 0 Å². The maximum atomic E-state index is 13.3. The molecule has 0 radical (unpaired) electrons. The van der Waals surface area contributed by atoms with Gasteiger partial charge in [0, 0.05) is 17.1 Å². The minimum absolute atomic E-state index is 0.0833. The van der Waals surface area contributed by atoms with Gasteiger partial charge in [0.05, 0.1) is 11.8 Å². The summed E-state index contributed by atoms with van der Waals surface area (Å²) in [6.07, 6.45) is 2.64. The van der Waals surface area contributed by atoms with Crippen LogP contribution < -0.4 is 0 Å². The Morgan fingerprint density at radius 2 is 2.18 bits per heavy atom. The summed E-state index contributed by atoms with van der Waals surface area (Å²) in [7, 11) is 0. The first-order valence-corrected chi connectivity index (χ1v) is 5.83. The van der Waals surface area contributed by atoms with Gasteiger partial charge in [-0.2, -0.15) is 0 Å². The van der Waals surface area contributed by atoms with Gasteiger partial charge in [0.1, 0.15) is 0 Å². The van der Waals surface area contributed by atoms with Gasteiger partial charge in [-0.3, -0.25) is 9.78 Å². The molecular weight excluding hydrogens is 285 g/mol. The van der Waals surface area contributed by atoms with Crippen molar-refractivity contribution in [3.63, 3.8) is 0 Å². The third-order valence-electron chi connectivity index (χ3n) is 2.33. The molecule has 0 saturated carbocycles. The van der Waals surface area contributed by atoms with E-state index in [9.17, 15) is 9.18 Å². The number of ketones is 1. The fourth-order valence-electron chi connectivity index (χ4n) is 1.53. The Bertz CT molecular complexity index is 557. The zero-order valence-corrected chi connectivity index (χ0v) is 10.4. The summed E-state index contributed by atoms with van der Waals surface area (Å²) in [5.74, 6) is -0.824. The Morgan fingerprint density at radius 1 is 1.35 bits per heavy atom. The van der Waals surface area contributed by atoms with Crippen molar-refractivity contribution in [1.29, 1.82) is 0 Å². The third-order valence-corrected chi connectivity index (χ3v) is 2.82. The quantitative estimate of drug-likeness (QED) is 0.812. The number of aromatic nitrogens is 1. The van der Waals surface area contributed by atoms with Crippen LogP contribution in [-0.4, -0.2) is 10.8 Å². The molecule has 0 saturated heterocycles. The molecule has 0 spiro atoms. The highest BCUT2D eigenvalue weighted by atomic mass is 79.9. The molecule has 1 aromatic heterocycles. The molecule has 0 aliphatic heterocycles. The van der Waals surface area contributed by atoms with E-state index in [1.807, 2.05) is 24.3 Å². The largest absolute Gasteiger partial charge is 0.294 e. The lowest BCUT2D eigenvalue weighted by Gasteiger charge is -2.02. The van der Waals surface area contributed by atoms with Gasteiger partial charge in [-0.1, -0.05) is 28.1 Å². The molecule has 2 nitrogen and oxygen atoms in total. The van der Waals surface area contributed by atoms with E-state index in [4.69, 9.17) is 0 Å². The van der Waals surface area contributed by atoms with Crippen molar-refractivity contribution in [3.05, 3.63) is 64.1 Å². The molecule has 17 heavy (non-hydrogen) atoms. The number of carbonyl (C=O) groups excluding carboxylic acids is 1. The number of hydrogen-bond acceptors (Lipinski definition) is 2. The van der Waals surface area contributed by atoms with Crippen LogP contribution in [0.1, 0.15) is 15.9 Å². The number of pyridine rings is 1. The maximum Gasteiger partial charge on any atom is 0.170 e. The summed E-state index contributed by atoms with van der Waals surface area (Å²) < 4.78 is 14.2. The van der Waals surface area contributed by atoms with Gasteiger partial charge < -0.3 is 0 Å². The molecule has 2 aromatic rings. The van der Waals surface area contributed by atoms with Crippen molar-refractivity contribution < 1.29 is 9.18 Å². The van der Waals surface area contributed by atoms with E-state index in [0.29, 0.717) is 0 Å². The smallest absolute Gasteiger partial charge is 0.170 e. The van der Waals surface area contributed by atoms with Crippen molar-refractivity contribution in [2.75, 3.05) is 0 Å². The van der Waals surface area contributed by atoms with Gasteiger partial charge in [0.15, 0.2) is 11.6 Å². The molecule has 0 atom stereocenters. The first-order valence-electron chi connectivity index (χ1n) is 5.04. The predicted octanol–water partition coefficient (Wildman–Crippen LogP) is 3.41. The van der Waals surface area contributed by atoms with Crippen molar-refractivity contribution in [1.82, 2.24) is 4.98 Å². The summed E-state index contributed by atoms with van der Waals surface area (Å²) in [6, 6.07) is 8.80. The summed E-state index contributed by atoms with van der Waals surface area (Å²) >= 11 is 3.33. The number of Topliss-reactive ketones (excluding diaryl/α,β-unsaturated/α-hetero) is 1. The second-order valence-electron chi connectivity index (χ2n) is 3.59. The van der Waals surface area contributed by atoms with Crippen LogP contribution in [0.25, 0.3) is 0 Å². The van der Waals surface area contributed by atoms with Crippen LogP contribution in [-0.2, 0) is 6.42 Å². The Balaban J connectivity index is 2.20. The molecule has 0 amide bonds. The van der Waals surface area contributed by atoms with Crippen LogP contribution >= 0.6 is 15.9 Å². The van der Waals surface area contributed by atoms with Crippen molar-refractivity contribution >= 4 is 21.7 Å². The van der Waals surface area contributed by atoms with E-state index >= 15 is 0 Å². The Morgan fingerprint density at radius 3 is 2.88 bits per heavy atom. The molecule has 86 valence electrons. The van der Waals surface area contributed by atoms with Crippen LogP contribution in [0.5, 0.6) is 0 Å². The van der Waals surface area contributed by atoms with Crippen molar-refractivity contribution in [3.8, 4) is 0 Å².